The summed E-state index contributed by atoms with van der Waals surface area (Å²) >= 11 is 0. The van der Waals surface area contributed by atoms with E-state index in [1.165, 1.54) is 0 Å². The lowest BCUT2D eigenvalue weighted by Gasteiger charge is -2.35. The number of unbranched alkanes of at least 4 members (excludes halogenated alkanes) is 1. The molecule has 1 aromatic rings. The van der Waals surface area contributed by atoms with Gasteiger partial charge in [-0.3, -0.25) is 9.69 Å². The number of nitrogens with zero attached hydrogens (tertiary/aromatic N) is 1. The van der Waals surface area contributed by atoms with Crippen LogP contribution >= 0.6 is 0 Å². The Hall–Kier alpha value is -1.92. The molecule has 1 aliphatic heterocycles. The van der Waals surface area contributed by atoms with Crippen LogP contribution in [0.3, 0.4) is 0 Å². The minimum Gasteiger partial charge on any atom is -0.480 e. The fraction of sp³-hybridized carbons (Fsp3) is 0.600. The summed E-state index contributed by atoms with van der Waals surface area (Å²) in [7, 11) is 0. The average molecular weight is 362 g/mol. The summed E-state index contributed by atoms with van der Waals surface area (Å²) in [4.78, 5) is 25.9. The van der Waals surface area contributed by atoms with Gasteiger partial charge >= 0.3 is 5.97 Å². The summed E-state index contributed by atoms with van der Waals surface area (Å²) in [5, 5.41) is 11.8. The van der Waals surface area contributed by atoms with Crippen molar-refractivity contribution in [3.8, 4) is 0 Å². The fourth-order valence-corrected chi connectivity index (χ4v) is 3.34. The molecule has 1 amide bonds. The molecule has 1 aromatic carbocycles. The van der Waals surface area contributed by atoms with Crippen molar-refractivity contribution in [2.45, 2.75) is 64.8 Å². The standard InChI is InChI=1S/C20H30N2O4/c1-4-5-6-18(20(24)25)21-19(23)17-9-7-16(8-10-17)13-22-11-14(2)26-15(3)12-22/h7-10,14-15,18H,4-6,11-13H2,1-3H3,(H,21,23)(H,24,25). The summed E-state index contributed by atoms with van der Waals surface area (Å²) in [6.07, 6.45) is 2.56. The Balaban J connectivity index is 1.93. The number of carboxylic acid groups (broad SMARTS) is 1. The van der Waals surface area contributed by atoms with Crippen molar-refractivity contribution in [1.29, 1.82) is 0 Å². The first-order valence-corrected chi connectivity index (χ1v) is 9.39. The van der Waals surface area contributed by atoms with Crippen LogP contribution in [-0.4, -0.2) is 53.2 Å². The highest BCUT2D eigenvalue weighted by molar-refractivity contribution is 5.96. The Morgan fingerprint density at radius 2 is 1.85 bits per heavy atom. The first-order chi connectivity index (χ1) is 12.4. The zero-order valence-electron chi connectivity index (χ0n) is 15.9. The van der Waals surface area contributed by atoms with Crippen LogP contribution in [0.2, 0.25) is 0 Å². The van der Waals surface area contributed by atoms with Gasteiger partial charge in [-0.05, 0) is 38.0 Å². The van der Waals surface area contributed by atoms with Gasteiger partial charge in [-0.15, -0.1) is 0 Å². The largest absolute Gasteiger partial charge is 0.480 e. The maximum absolute atomic E-state index is 12.3. The van der Waals surface area contributed by atoms with Crippen molar-refractivity contribution in [2.75, 3.05) is 13.1 Å². The molecule has 0 aromatic heterocycles. The third-order valence-corrected chi connectivity index (χ3v) is 4.57. The molecule has 1 fully saturated rings. The monoisotopic (exact) mass is 362 g/mol. The number of hydrogen-bond donors (Lipinski definition) is 2. The van der Waals surface area contributed by atoms with E-state index in [4.69, 9.17) is 4.74 Å². The van der Waals surface area contributed by atoms with E-state index in [2.05, 4.69) is 24.1 Å². The Labute approximate surface area is 155 Å². The predicted molar refractivity (Wildman–Crippen MR) is 100 cm³/mol. The number of benzene rings is 1. The molecule has 1 aliphatic rings. The minimum absolute atomic E-state index is 0.222. The van der Waals surface area contributed by atoms with E-state index in [1.54, 1.807) is 12.1 Å². The number of nitrogens with one attached hydrogen (secondary N) is 1. The number of morpholine rings is 1. The van der Waals surface area contributed by atoms with Crippen molar-refractivity contribution in [1.82, 2.24) is 10.2 Å². The van der Waals surface area contributed by atoms with Gasteiger partial charge in [0.15, 0.2) is 0 Å². The Bertz CT molecular complexity index is 592. The van der Waals surface area contributed by atoms with Crippen LogP contribution in [0.25, 0.3) is 0 Å². The molecule has 3 unspecified atom stereocenters. The second-order valence-electron chi connectivity index (χ2n) is 7.15. The zero-order chi connectivity index (χ0) is 19.1. The maximum atomic E-state index is 12.3. The van der Waals surface area contributed by atoms with Crippen molar-refractivity contribution in [3.63, 3.8) is 0 Å². The van der Waals surface area contributed by atoms with Crippen molar-refractivity contribution in [2.24, 2.45) is 0 Å². The van der Waals surface area contributed by atoms with Crippen LogP contribution in [0.15, 0.2) is 24.3 Å². The number of amides is 1. The highest BCUT2D eigenvalue weighted by atomic mass is 16.5. The second-order valence-corrected chi connectivity index (χ2v) is 7.15. The molecule has 0 aliphatic carbocycles. The van der Waals surface area contributed by atoms with Crippen LogP contribution in [-0.2, 0) is 16.1 Å². The fourth-order valence-electron chi connectivity index (χ4n) is 3.34. The molecule has 2 rings (SSSR count). The molecule has 0 saturated carbocycles. The second kappa shape index (κ2) is 9.69. The van der Waals surface area contributed by atoms with Gasteiger partial charge in [0, 0.05) is 25.2 Å². The van der Waals surface area contributed by atoms with E-state index in [0.29, 0.717) is 12.0 Å². The SMILES string of the molecule is CCCCC(NC(=O)c1ccc(CN2CC(C)OC(C)C2)cc1)C(=O)O. The number of aliphatic carboxylic acids is 1. The molecule has 144 valence electrons. The number of hydrogen-bond acceptors (Lipinski definition) is 4. The molecule has 6 nitrogen and oxygen atoms in total. The van der Waals surface area contributed by atoms with Gasteiger partial charge in [-0.25, -0.2) is 4.79 Å². The first kappa shape index (κ1) is 20.4. The maximum Gasteiger partial charge on any atom is 0.326 e. The first-order valence-electron chi connectivity index (χ1n) is 9.39. The molecule has 26 heavy (non-hydrogen) atoms. The summed E-state index contributed by atoms with van der Waals surface area (Å²) in [5.41, 5.74) is 1.61. The minimum atomic E-state index is -0.987. The van der Waals surface area contributed by atoms with Gasteiger partial charge in [0.2, 0.25) is 0 Å². The van der Waals surface area contributed by atoms with Crippen LogP contribution in [0, 0.1) is 0 Å². The molecule has 1 heterocycles. The predicted octanol–water partition coefficient (Wildman–Crippen LogP) is 2.67. The van der Waals surface area contributed by atoms with Gasteiger partial charge in [0.25, 0.3) is 5.91 Å². The number of ether oxygens (including phenoxy) is 1. The third-order valence-electron chi connectivity index (χ3n) is 4.57. The Morgan fingerprint density at radius 1 is 1.23 bits per heavy atom. The molecule has 0 radical (unpaired) electrons. The van der Waals surface area contributed by atoms with Crippen molar-refractivity contribution >= 4 is 11.9 Å². The summed E-state index contributed by atoms with van der Waals surface area (Å²) < 4.78 is 5.75. The number of carbonyl (C=O) groups is 2. The van der Waals surface area contributed by atoms with Crippen LogP contribution in [0.1, 0.15) is 56.0 Å². The van der Waals surface area contributed by atoms with Gasteiger partial charge in [-0.1, -0.05) is 31.9 Å². The van der Waals surface area contributed by atoms with E-state index < -0.39 is 12.0 Å². The number of carbonyl (C=O) groups excluding carboxylic acids is 1. The van der Waals surface area contributed by atoms with Gasteiger partial charge in [0.05, 0.1) is 12.2 Å². The topological polar surface area (TPSA) is 78.9 Å². The molecular formula is C20H30N2O4. The number of carboxylic acids is 1. The molecular weight excluding hydrogens is 332 g/mol. The Kier molecular flexibility index (Phi) is 7.60. The van der Waals surface area contributed by atoms with Gasteiger partial charge in [0.1, 0.15) is 6.04 Å². The van der Waals surface area contributed by atoms with E-state index in [0.717, 1.165) is 38.0 Å². The van der Waals surface area contributed by atoms with E-state index in [-0.39, 0.29) is 18.1 Å². The third kappa shape index (κ3) is 6.11. The van der Waals surface area contributed by atoms with Crippen molar-refractivity contribution < 1.29 is 19.4 Å². The van der Waals surface area contributed by atoms with Crippen molar-refractivity contribution in [3.05, 3.63) is 35.4 Å². The highest BCUT2D eigenvalue weighted by Gasteiger charge is 2.22. The van der Waals surface area contributed by atoms with Crippen LogP contribution in [0.5, 0.6) is 0 Å². The molecule has 1 saturated heterocycles. The zero-order valence-corrected chi connectivity index (χ0v) is 15.9. The lowest BCUT2D eigenvalue weighted by Crippen LogP contribution is -2.44. The molecule has 0 spiro atoms. The molecule has 2 N–H and O–H groups in total. The van der Waals surface area contributed by atoms with Crippen LogP contribution < -0.4 is 5.32 Å². The molecule has 6 heteroatoms. The lowest BCUT2D eigenvalue weighted by atomic mass is 10.1. The smallest absolute Gasteiger partial charge is 0.326 e. The highest BCUT2D eigenvalue weighted by Crippen LogP contribution is 2.15. The summed E-state index contributed by atoms with van der Waals surface area (Å²) in [6.45, 7) is 8.75. The van der Waals surface area contributed by atoms with Gasteiger partial charge < -0.3 is 15.2 Å². The van der Waals surface area contributed by atoms with Crippen LogP contribution in [0.4, 0.5) is 0 Å². The molecule has 3 atom stereocenters. The average Bonchev–Trinajstić information content (AvgIpc) is 2.58. The lowest BCUT2D eigenvalue weighted by molar-refractivity contribution is -0.139. The normalized spacial score (nSPS) is 22.0. The van der Waals surface area contributed by atoms with E-state index in [1.807, 2.05) is 19.1 Å². The summed E-state index contributed by atoms with van der Waals surface area (Å²) in [5.74, 6) is -1.33. The van der Waals surface area contributed by atoms with E-state index in [9.17, 15) is 14.7 Å². The van der Waals surface area contributed by atoms with Gasteiger partial charge in [-0.2, -0.15) is 0 Å². The number of rotatable bonds is 8. The Morgan fingerprint density at radius 3 is 2.38 bits per heavy atom. The quantitative estimate of drug-likeness (QED) is 0.743. The van der Waals surface area contributed by atoms with E-state index >= 15 is 0 Å². The summed E-state index contributed by atoms with van der Waals surface area (Å²) in [6, 6.07) is 6.55. The molecule has 0 bridgehead atoms.